The van der Waals surface area contributed by atoms with Gasteiger partial charge >= 0.3 is 0 Å². The minimum absolute atomic E-state index is 0.325. The highest BCUT2D eigenvalue weighted by Gasteiger charge is 2.17. The maximum absolute atomic E-state index is 14.2. The smallest absolute Gasteiger partial charge is 0.185 e. The lowest BCUT2D eigenvalue weighted by Gasteiger charge is -2.11. The van der Waals surface area contributed by atoms with E-state index in [4.69, 9.17) is 5.73 Å². The number of hydrogen-bond donors (Lipinski definition) is 1. The molecule has 0 bridgehead atoms. The highest BCUT2D eigenvalue weighted by Crippen LogP contribution is 2.26. The van der Waals surface area contributed by atoms with Gasteiger partial charge in [-0.2, -0.15) is 0 Å². The van der Waals surface area contributed by atoms with Gasteiger partial charge in [-0.25, -0.2) is 9.07 Å². The molecule has 1 atom stereocenters. The number of nitrogens with zero attached hydrogens (tertiary/aromatic N) is 4. The van der Waals surface area contributed by atoms with E-state index in [1.165, 1.54) is 0 Å². The van der Waals surface area contributed by atoms with Crippen LogP contribution in [0.15, 0.2) is 12.1 Å². The Labute approximate surface area is 111 Å². The van der Waals surface area contributed by atoms with Crippen LogP contribution in [0.3, 0.4) is 0 Å². The van der Waals surface area contributed by atoms with E-state index in [0.29, 0.717) is 35.1 Å². The number of nitrogens with two attached hydrogens (primary N) is 1. The van der Waals surface area contributed by atoms with E-state index in [9.17, 15) is 4.39 Å². The molecular formula is C13H18FN5. The summed E-state index contributed by atoms with van der Waals surface area (Å²) < 4.78 is 15.8. The van der Waals surface area contributed by atoms with E-state index in [1.54, 1.807) is 23.7 Å². The van der Waals surface area contributed by atoms with Crippen molar-refractivity contribution >= 4 is 5.69 Å². The molecule has 0 amide bonds. The topological polar surface area (TPSA) is 69.6 Å². The maximum Gasteiger partial charge on any atom is 0.185 e. The van der Waals surface area contributed by atoms with Gasteiger partial charge in [-0.1, -0.05) is 20.3 Å². The lowest BCUT2D eigenvalue weighted by Crippen LogP contribution is -2.10. The maximum atomic E-state index is 14.2. The largest absolute Gasteiger partial charge is 0.399 e. The Morgan fingerprint density at radius 2 is 2.16 bits per heavy atom. The fourth-order valence-electron chi connectivity index (χ4n) is 1.91. The van der Waals surface area contributed by atoms with E-state index in [1.807, 2.05) is 0 Å². The highest BCUT2D eigenvalue weighted by atomic mass is 19.1. The summed E-state index contributed by atoms with van der Waals surface area (Å²) in [5.74, 6) is 0.523. The fraction of sp³-hybridized carbons (Fsp3) is 0.462. The van der Waals surface area contributed by atoms with Gasteiger partial charge in [0.25, 0.3) is 0 Å². The van der Waals surface area contributed by atoms with E-state index >= 15 is 0 Å². The monoisotopic (exact) mass is 263 g/mol. The molecule has 1 aromatic heterocycles. The van der Waals surface area contributed by atoms with Crippen LogP contribution >= 0.6 is 0 Å². The van der Waals surface area contributed by atoms with Crippen molar-refractivity contribution in [2.24, 2.45) is 5.92 Å². The van der Waals surface area contributed by atoms with Crippen molar-refractivity contribution in [1.29, 1.82) is 0 Å². The summed E-state index contributed by atoms with van der Waals surface area (Å²) in [4.78, 5) is 0. The van der Waals surface area contributed by atoms with Gasteiger partial charge < -0.3 is 5.73 Å². The Morgan fingerprint density at radius 3 is 2.84 bits per heavy atom. The predicted molar refractivity (Wildman–Crippen MR) is 71.8 cm³/mol. The third-order valence-corrected chi connectivity index (χ3v) is 3.23. The minimum atomic E-state index is -0.325. The Kier molecular flexibility index (Phi) is 3.78. The second-order valence-corrected chi connectivity index (χ2v) is 4.90. The summed E-state index contributed by atoms with van der Waals surface area (Å²) in [6, 6.07) is 3.17. The number of hydrogen-bond acceptors (Lipinski definition) is 4. The van der Waals surface area contributed by atoms with Crippen molar-refractivity contribution in [2.45, 2.75) is 33.7 Å². The first-order valence-corrected chi connectivity index (χ1v) is 6.35. The predicted octanol–water partition coefficient (Wildman–Crippen LogP) is 2.42. The molecule has 19 heavy (non-hydrogen) atoms. The van der Waals surface area contributed by atoms with E-state index < -0.39 is 0 Å². The number of benzene rings is 1. The second-order valence-electron chi connectivity index (χ2n) is 4.90. The third-order valence-electron chi connectivity index (χ3n) is 3.23. The molecule has 0 aliphatic rings. The van der Waals surface area contributed by atoms with Crippen molar-refractivity contribution in [2.75, 3.05) is 5.73 Å². The number of nitrogen functional groups attached to an aromatic ring is 1. The lowest BCUT2D eigenvalue weighted by molar-refractivity contribution is 0.433. The van der Waals surface area contributed by atoms with Crippen LogP contribution in [-0.4, -0.2) is 20.2 Å². The third kappa shape index (κ3) is 2.72. The van der Waals surface area contributed by atoms with Gasteiger partial charge in [-0.05, 0) is 41.0 Å². The van der Waals surface area contributed by atoms with Crippen molar-refractivity contribution in [3.63, 3.8) is 0 Å². The van der Waals surface area contributed by atoms with Crippen LogP contribution in [0.2, 0.25) is 0 Å². The molecule has 0 saturated carbocycles. The second kappa shape index (κ2) is 5.34. The SMILES string of the molecule is CCC(C)Cn1nnnc1-c1cc(N)cc(C)c1F. The molecule has 1 aromatic carbocycles. The highest BCUT2D eigenvalue weighted by molar-refractivity contribution is 5.63. The molecule has 1 heterocycles. The van der Waals surface area contributed by atoms with Crippen LogP contribution in [0.4, 0.5) is 10.1 Å². The van der Waals surface area contributed by atoms with Crippen LogP contribution in [0.25, 0.3) is 11.4 Å². The van der Waals surface area contributed by atoms with E-state index in [0.717, 1.165) is 6.42 Å². The summed E-state index contributed by atoms with van der Waals surface area (Å²) in [6.07, 6.45) is 1.01. The molecule has 0 aliphatic carbocycles. The molecule has 0 fully saturated rings. The fourth-order valence-corrected chi connectivity index (χ4v) is 1.91. The number of aromatic nitrogens is 4. The summed E-state index contributed by atoms with van der Waals surface area (Å²) in [5.41, 5.74) is 7.12. The molecule has 2 rings (SSSR count). The Balaban J connectivity index is 2.45. The van der Waals surface area contributed by atoms with Crippen LogP contribution in [0.5, 0.6) is 0 Å². The van der Waals surface area contributed by atoms with E-state index in [-0.39, 0.29) is 5.82 Å². The zero-order valence-corrected chi connectivity index (χ0v) is 11.4. The van der Waals surface area contributed by atoms with Gasteiger partial charge in [0.1, 0.15) is 5.82 Å². The molecule has 2 N–H and O–H groups in total. The normalized spacial score (nSPS) is 12.6. The van der Waals surface area contributed by atoms with Crippen molar-refractivity contribution < 1.29 is 4.39 Å². The lowest BCUT2D eigenvalue weighted by atomic mass is 10.1. The Hall–Kier alpha value is -1.98. The van der Waals surface area contributed by atoms with Gasteiger partial charge in [0, 0.05) is 12.2 Å². The standard InChI is InChI=1S/C13H18FN5/c1-4-8(2)7-19-13(16-17-18-19)11-6-10(15)5-9(3)12(11)14/h5-6,8H,4,7,15H2,1-3H3. The average molecular weight is 263 g/mol. The summed E-state index contributed by atoms with van der Waals surface area (Å²) >= 11 is 0. The molecule has 6 heteroatoms. The minimum Gasteiger partial charge on any atom is -0.399 e. The number of tetrazole rings is 1. The zero-order chi connectivity index (χ0) is 14.0. The number of halogens is 1. The molecule has 0 saturated heterocycles. The average Bonchev–Trinajstić information content (AvgIpc) is 2.81. The molecule has 1 unspecified atom stereocenters. The summed E-state index contributed by atoms with van der Waals surface area (Å²) in [5, 5.41) is 11.5. The quantitative estimate of drug-likeness (QED) is 0.860. The van der Waals surface area contributed by atoms with Gasteiger partial charge in [-0.3, -0.25) is 0 Å². The molecule has 2 aromatic rings. The van der Waals surface area contributed by atoms with Crippen molar-refractivity contribution in [3.05, 3.63) is 23.5 Å². The van der Waals surface area contributed by atoms with Crippen molar-refractivity contribution in [3.8, 4) is 11.4 Å². The molecule has 0 radical (unpaired) electrons. The number of aryl methyl sites for hydroxylation is 1. The summed E-state index contributed by atoms with van der Waals surface area (Å²) in [7, 11) is 0. The Bertz CT molecular complexity index is 578. The first-order valence-electron chi connectivity index (χ1n) is 6.35. The van der Waals surface area contributed by atoms with Gasteiger partial charge in [-0.15, -0.1) is 5.10 Å². The zero-order valence-electron chi connectivity index (χ0n) is 11.4. The number of anilines is 1. The van der Waals surface area contributed by atoms with E-state index in [2.05, 4.69) is 29.4 Å². The van der Waals surface area contributed by atoms with Crippen LogP contribution in [0, 0.1) is 18.7 Å². The Morgan fingerprint density at radius 1 is 1.42 bits per heavy atom. The molecule has 0 spiro atoms. The van der Waals surface area contributed by atoms with Gasteiger partial charge in [0.05, 0.1) is 5.56 Å². The van der Waals surface area contributed by atoms with Gasteiger partial charge in [0.2, 0.25) is 0 Å². The molecule has 0 aliphatic heterocycles. The van der Waals surface area contributed by atoms with Crippen LogP contribution in [-0.2, 0) is 6.54 Å². The van der Waals surface area contributed by atoms with Crippen LogP contribution in [0.1, 0.15) is 25.8 Å². The van der Waals surface area contributed by atoms with Crippen molar-refractivity contribution in [1.82, 2.24) is 20.2 Å². The molecule has 102 valence electrons. The van der Waals surface area contributed by atoms with Crippen LogP contribution < -0.4 is 5.73 Å². The first-order chi connectivity index (χ1) is 9.02. The summed E-state index contributed by atoms with van der Waals surface area (Å²) in [6.45, 7) is 6.54. The number of rotatable bonds is 4. The van der Waals surface area contributed by atoms with Gasteiger partial charge in [0.15, 0.2) is 5.82 Å². The molecular weight excluding hydrogens is 245 g/mol. The molecule has 5 nitrogen and oxygen atoms in total. The first kappa shape index (κ1) is 13.5.